The fourth-order valence-corrected chi connectivity index (χ4v) is 1.87. The normalized spacial score (nSPS) is 14.4. The summed E-state index contributed by atoms with van der Waals surface area (Å²) in [5.74, 6) is -0.140. The van der Waals surface area contributed by atoms with Crippen molar-refractivity contribution in [2.45, 2.75) is 84.3 Å². The Morgan fingerprint density at radius 2 is 1.71 bits per heavy atom. The van der Waals surface area contributed by atoms with Gasteiger partial charge in [-0.1, -0.05) is 52.9 Å². The number of hydrogen-bond donors (Lipinski definition) is 1. The number of carbonyl (C=O) groups excluding carboxylic acids is 1. The van der Waals surface area contributed by atoms with Gasteiger partial charge in [0, 0.05) is 12.8 Å². The minimum atomic E-state index is -0.741. The van der Waals surface area contributed by atoms with E-state index in [2.05, 4.69) is 13.8 Å². The summed E-state index contributed by atoms with van der Waals surface area (Å²) in [6.07, 6.45) is 8.59. The maximum atomic E-state index is 11.6. The van der Waals surface area contributed by atoms with Crippen molar-refractivity contribution in [1.29, 1.82) is 0 Å². The van der Waals surface area contributed by atoms with Crippen molar-refractivity contribution in [3.8, 4) is 0 Å². The summed E-state index contributed by atoms with van der Waals surface area (Å²) in [5.41, 5.74) is 5.28. The van der Waals surface area contributed by atoms with E-state index in [1.54, 1.807) is 0 Å². The van der Waals surface area contributed by atoms with Crippen molar-refractivity contribution in [1.82, 2.24) is 0 Å². The topological polar surface area (TPSA) is 52.3 Å². The Kier molecular flexibility index (Phi) is 9.14. The Bertz CT molecular complexity index is 206. The van der Waals surface area contributed by atoms with E-state index >= 15 is 0 Å². The lowest BCUT2D eigenvalue weighted by molar-refractivity contribution is -0.160. The van der Waals surface area contributed by atoms with Crippen LogP contribution in [0.1, 0.15) is 78.6 Å². The molecule has 0 aromatic rings. The van der Waals surface area contributed by atoms with Crippen LogP contribution in [0.15, 0.2) is 0 Å². The zero-order chi connectivity index (χ0) is 13.1. The summed E-state index contributed by atoms with van der Waals surface area (Å²) < 4.78 is 5.37. The SMILES string of the molecule is CCCCCCCC(=O)OC(N)(CC)CCC. The van der Waals surface area contributed by atoms with Crippen LogP contribution in [0.5, 0.6) is 0 Å². The average molecular weight is 243 g/mol. The molecule has 0 aromatic heterocycles. The molecule has 3 heteroatoms. The van der Waals surface area contributed by atoms with Crippen molar-refractivity contribution in [3.63, 3.8) is 0 Å². The van der Waals surface area contributed by atoms with Crippen LogP contribution in [0.2, 0.25) is 0 Å². The number of carbonyl (C=O) groups is 1. The molecule has 0 aliphatic rings. The van der Waals surface area contributed by atoms with Gasteiger partial charge >= 0.3 is 5.97 Å². The molecule has 17 heavy (non-hydrogen) atoms. The molecule has 0 rings (SSSR count). The first-order valence-corrected chi connectivity index (χ1v) is 7.08. The van der Waals surface area contributed by atoms with Crippen molar-refractivity contribution >= 4 is 5.97 Å². The van der Waals surface area contributed by atoms with Crippen LogP contribution < -0.4 is 5.73 Å². The zero-order valence-electron chi connectivity index (χ0n) is 11.8. The van der Waals surface area contributed by atoms with Crippen LogP contribution >= 0.6 is 0 Å². The molecule has 2 N–H and O–H groups in total. The number of unbranched alkanes of at least 4 members (excludes halogenated alkanes) is 4. The van der Waals surface area contributed by atoms with Gasteiger partial charge in [0.05, 0.1) is 0 Å². The summed E-state index contributed by atoms with van der Waals surface area (Å²) >= 11 is 0. The number of ether oxygens (including phenoxy) is 1. The molecule has 0 saturated carbocycles. The van der Waals surface area contributed by atoms with Crippen LogP contribution in [0.4, 0.5) is 0 Å². The lowest BCUT2D eigenvalue weighted by Gasteiger charge is -2.27. The van der Waals surface area contributed by atoms with Gasteiger partial charge in [-0.05, 0) is 12.8 Å². The van der Waals surface area contributed by atoms with Gasteiger partial charge < -0.3 is 4.74 Å². The first-order chi connectivity index (χ1) is 8.08. The minimum absolute atomic E-state index is 0.140. The molecule has 0 radical (unpaired) electrons. The Hall–Kier alpha value is -0.570. The van der Waals surface area contributed by atoms with Crippen molar-refractivity contribution in [2.75, 3.05) is 0 Å². The highest BCUT2D eigenvalue weighted by molar-refractivity contribution is 5.69. The number of hydrogen-bond acceptors (Lipinski definition) is 3. The van der Waals surface area contributed by atoms with Gasteiger partial charge in [0.15, 0.2) is 5.72 Å². The molecule has 0 aromatic carbocycles. The zero-order valence-corrected chi connectivity index (χ0v) is 11.8. The summed E-state index contributed by atoms with van der Waals surface area (Å²) in [7, 11) is 0. The number of esters is 1. The van der Waals surface area contributed by atoms with Crippen LogP contribution in [0, 0.1) is 0 Å². The molecular formula is C14H29NO2. The maximum absolute atomic E-state index is 11.6. The van der Waals surface area contributed by atoms with E-state index in [1.165, 1.54) is 19.3 Å². The minimum Gasteiger partial charge on any atom is -0.444 e. The quantitative estimate of drug-likeness (QED) is 0.361. The summed E-state index contributed by atoms with van der Waals surface area (Å²) in [6.45, 7) is 6.20. The monoisotopic (exact) mass is 243 g/mol. The van der Waals surface area contributed by atoms with Gasteiger partial charge in [0.2, 0.25) is 0 Å². The molecule has 0 saturated heterocycles. The number of nitrogens with two attached hydrogens (primary N) is 1. The Morgan fingerprint density at radius 3 is 2.24 bits per heavy atom. The van der Waals surface area contributed by atoms with Crippen LogP contribution in [0.25, 0.3) is 0 Å². The van der Waals surface area contributed by atoms with E-state index in [4.69, 9.17) is 10.5 Å². The van der Waals surface area contributed by atoms with Crippen LogP contribution in [0.3, 0.4) is 0 Å². The van der Waals surface area contributed by atoms with Crippen LogP contribution in [-0.2, 0) is 9.53 Å². The summed E-state index contributed by atoms with van der Waals surface area (Å²) in [4.78, 5) is 11.6. The molecule has 0 aliphatic carbocycles. The summed E-state index contributed by atoms with van der Waals surface area (Å²) in [5, 5.41) is 0. The molecule has 0 spiro atoms. The molecule has 0 heterocycles. The summed E-state index contributed by atoms with van der Waals surface area (Å²) in [6, 6.07) is 0. The predicted molar refractivity (Wildman–Crippen MR) is 71.6 cm³/mol. The second kappa shape index (κ2) is 9.46. The molecule has 0 fully saturated rings. The standard InChI is InChI=1S/C14H29NO2/c1-4-7-8-9-10-11-13(16)17-14(15,6-3)12-5-2/h4-12,15H2,1-3H3. The van der Waals surface area contributed by atoms with Gasteiger partial charge in [-0.25, -0.2) is 0 Å². The third kappa shape index (κ3) is 8.19. The molecule has 3 nitrogen and oxygen atoms in total. The highest BCUT2D eigenvalue weighted by Crippen LogP contribution is 2.17. The van der Waals surface area contributed by atoms with E-state index in [-0.39, 0.29) is 5.97 Å². The van der Waals surface area contributed by atoms with Gasteiger partial charge in [-0.15, -0.1) is 0 Å². The molecule has 0 bridgehead atoms. The first kappa shape index (κ1) is 16.4. The second-order valence-corrected chi connectivity index (χ2v) is 4.81. The fourth-order valence-electron chi connectivity index (χ4n) is 1.87. The lowest BCUT2D eigenvalue weighted by atomic mass is 10.1. The molecule has 0 amide bonds. The molecule has 1 atom stereocenters. The second-order valence-electron chi connectivity index (χ2n) is 4.81. The van der Waals surface area contributed by atoms with Gasteiger partial charge in [-0.2, -0.15) is 0 Å². The van der Waals surface area contributed by atoms with E-state index < -0.39 is 5.72 Å². The highest BCUT2D eigenvalue weighted by atomic mass is 16.6. The van der Waals surface area contributed by atoms with Crippen molar-refractivity contribution in [3.05, 3.63) is 0 Å². The molecule has 1 unspecified atom stereocenters. The average Bonchev–Trinajstić information content (AvgIpc) is 2.29. The lowest BCUT2D eigenvalue weighted by Crippen LogP contribution is -2.43. The Balaban J connectivity index is 3.75. The van der Waals surface area contributed by atoms with Gasteiger partial charge in [-0.3, -0.25) is 10.5 Å². The molecule has 0 aliphatic heterocycles. The fraction of sp³-hybridized carbons (Fsp3) is 0.929. The molecular weight excluding hydrogens is 214 g/mol. The maximum Gasteiger partial charge on any atom is 0.307 e. The van der Waals surface area contributed by atoms with Gasteiger partial charge in [0.25, 0.3) is 0 Å². The smallest absolute Gasteiger partial charge is 0.307 e. The highest BCUT2D eigenvalue weighted by Gasteiger charge is 2.25. The van der Waals surface area contributed by atoms with Crippen molar-refractivity contribution in [2.24, 2.45) is 5.73 Å². The van der Waals surface area contributed by atoms with Crippen molar-refractivity contribution < 1.29 is 9.53 Å². The van der Waals surface area contributed by atoms with E-state index in [0.717, 1.165) is 25.7 Å². The predicted octanol–water partition coefficient (Wildman–Crippen LogP) is 3.76. The largest absolute Gasteiger partial charge is 0.444 e. The Labute approximate surface area is 106 Å². The third-order valence-corrected chi connectivity index (χ3v) is 3.07. The Morgan fingerprint density at radius 1 is 1.06 bits per heavy atom. The number of rotatable bonds is 10. The van der Waals surface area contributed by atoms with Gasteiger partial charge in [0.1, 0.15) is 0 Å². The molecule has 102 valence electrons. The third-order valence-electron chi connectivity index (χ3n) is 3.07. The van der Waals surface area contributed by atoms with E-state index in [9.17, 15) is 4.79 Å². The van der Waals surface area contributed by atoms with E-state index in [0.29, 0.717) is 12.8 Å². The van der Waals surface area contributed by atoms with E-state index in [1.807, 2.05) is 6.92 Å². The first-order valence-electron chi connectivity index (χ1n) is 7.08. The van der Waals surface area contributed by atoms with Crippen LogP contribution in [-0.4, -0.2) is 11.7 Å².